The molecule has 8 rings (SSSR count). The molecule has 0 saturated carbocycles. The number of hydrogen-bond donors (Lipinski definition) is 2. The van der Waals surface area contributed by atoms with Crippen molar-refractivity contribution in [2.75, 3.05) is 5.32 Å². The van der Waals surface area contributed by atoms with Crippen molar-refractivity contribution in [3.05, 3.63) is 173 Å². The van der Waals surface area contributed by atoms with E-state index in [-0.39, 0.29) is 12.0 Å². The number of aromatic nitrogens is 1. The first-order valence-corrected chi connectivity index (χ1v) is 17.1. The highest BCUT2D eigenvalue weighted by Crippen LogP contribution is 2.42. The molecule has 0 amide bonds. The zero-order chi connectivity index (χ0) is 35.8. The number of benzene rings is 6. The summed E-state index contributed by atoms with van der Waals surface area (Å²) in [6.45, 7) is 2.09. The first-order chi connectivity index (χ1) is 25.5. The van der Waals surface area contributed by atoms with Crippen LogP contribution in [0, 0.1) is 40.9 Å². The zero-order valence-corrected chi connectivity index (χ0v) is 28.4. The van der Waals surface area contributed by atoms with Crippen molar-refractivity contribution in [1.29, 1.82) is 15.8 Å². The van der Waals surface area contributed by atoms with Crippen molar-refractivity contribution in [3.8, 4) is 40.5 Å². The van der Waals surface area contributed by atoms with Gasteiger partial charge in [0, 0.05) is 50.9 Å². The van der Waals surface area contributed by atoms with Gasteiger partial charge in [-0.3, -0.25) is 0 Å². The maximum absolute atomic E-state index is 10.1. The highest BCUT2D eigenvalue weighted by Gasteiger charge is 2.26. The van der Waals surface area contributed by atoms with Crippen LogP contribution < -0.4 is 11.1 Å². The maximum Gasteiger partial charge on any atom is 0.101 e. The molecule has 6 heteroatoms. The second-order valence-corrected chi connectivity index (χ2v) is 13.0. The summed E-state index contributed by atoms with van der Waals surface area (Å²) in [4.78, 5) is 0. The third-order valence-corrected chi connectivity index (χ3v) is 9.95. The molecule has 3 N–H and O–H groups in total. The van der Waals surface area contributed by atoms with E-state index in [0.29, 0.717) is 16.7 Å². The number of hydrogen-bond acceptors (Lipinski definition) is 5. The molecule has 0 saturated heterocycles. The Balaban J connectivity index is 1.23. The van der Waals surface area contributed by atoms with E-state index in [9.17, 15) is 15.8 Å². The minimum Gasteiger partial charge on any atom is -0.354 e. The molecule has 6 aromatic carbocycles. The molecular formula is C46H32N6. The molecule has 1 aliphatic rings. The molecule has 0 bridgehead atoms. The normalized spacial score (nSPS) is 15.1. The summed E-state index contributed by atoms with van der Waals surface area (Å²) >= 11 is 0. The van der Waals surface area contributed by atoms with E-state index < -0.39 is 0 Å². The quantitative estimate of drug-likeness (QED) is 0.183. The molecule has 7 aromatic rings. The molecule has 6 nitrogen and oxygen atoms in total. The van der Waals surface area contributed by atoms with E-state index in [4.69, 9.17) is 5.73 Å². The molecular weight excluding hydrogens is 637 g/mol. The number of anilines is 2. The van der Waals surface area contributed by atoms with Gasteiger partial charge in [-0.1, -0.05) is 91.0 Å². The van der Waals surface area contributed by atoms with Crippen LogP contribution in [0.2, 0.25) is 0 Å². The zero-order valence-electron chi connectivity index (χ0n) is 28.4. The van der Waals surface area contributed by atoms with Crippen LogP contribution in [-0.4, -0.2) is 10.6 Å². The fourth-order valence-corrected chi connectivity index (χ4v) is 7.46. The van der Waals surface area contributed by atoms with Crippen LogP contribution in [0.5, 0.6) is 0 Å². The van der Waals surface area contributed by atoms with E-state index >= 15 is 0 Å². The third-order valence-electron chi connectivity index (χ3n) is 9.95. The molecule has 1 aromatic heterocycles. The smallest absolute Gasteiger partial charge is 0.101 e. The molecule has 246 valence electrons. The van der Waals surface area contributed by atoms with Gasteiger partial charge in [-0.15, -0.1) is 0 Å². The lowest BCUT2D eigenvalue weighted by molar-refractivity contribution is 0.714. The Bertz CT molecular complexity index is 2740. The first-order valence-electron chi connectivity index (χ1n) is 17.1. The van der Waals surface area contributed by atoms with Gasteiger partial charge in [-0.2, -0.15) is 15.8 Å². The van der Waals surface area contributed by atoms with Gasteiger partial charge in [0.15, 0.2) is 0 Å². The number of nitriles is 3. The molecule has 1 heterocycles. The fourth-order valence-electron chi connectivity index (χ4n) is 7.46. The second kappa shape index (κ2) is 13.3. The number of para-hydroxylation sites is 2. The van der Waals surface area contributed by atoms with Crippen LogP contribution in [-0.2, 0) is 0 Å². The Labute approximate surface area is 302 Å². The van der Waals surface area contributed by atoms with Crippen LogP contribution in [0.1, 0.15) is 33.7 Å². The van der Waals surface area contributed by atoms with Crippen molar-refractivity contribution in [2.45, 2.75) is 18.9 Å². The predicted molar refractivity (Wildman–Crippen MR) is 209 cm³/mol. The number of rotatable bonds is 6. The number of nitrogens with two attached hydrogens (primary N) is 1. The topological polar surface area (TPSA) is 114 Å². The molecule has 1 aliphatic carbocycles. The Hall–Kier alpha value is -7.17. The van der Waals surface area contributed by atoms with E-state index in [2.05, 4.69) is 95.7 Å². The Morgan fingerprint density at radius 2 is 1.29 bits per heavy atom. The summed E-state index contributed by atoms with van der Waals surface area (Å²) in [5, 5.41) is 35.5. The summed E-state index contributed by atoms with van der Waals surface area (Å²) < 4.78 is 2.21. The van der Waals surface area contributed by atoms with Crippen LogP contribution in [0.4, 0.5) is 11.4 Å². The fraction of sp³-hybridized carbons (Fsp3) is 0.0652. The van der Waals surface area contributed by atoms with Crippen molar-refractivity contribution < 1.29 is 0 Å². The van der Waals surface area contributed by atoms with Gasteiger partial charge in [0.05, 0.1) is 33.8 Å². The van der Waals surface area contributed by atoms with Gasteiger partial charge < -0.3 is 15.6 Å². The lowest BCUT2D eigenvalue weighted by Crippen LogP contribution is -2.28. The summed E-state index contributed by atoms with van der Waals surface area (Å²) in [5.74, 6) is -0.175. The molecule has 2 unspecified atom stereocenters. The third kappa shape index (κ3) is 5.49. The van der Waals surface area contributed by atoms with Crippen molar-refractivity contribution in [3.63, 3.8) is 0 Å². The van der Waals surface area contributed by atoms with E-state index in [0.717, 1.165) is 72.3 Å². The lowest BCUT2D eigenvalue weighted by atomic mass is 9.82. The SMILES string of the molecule is Cc1ccccc1-c1ccccc1Nc1cc(C#N)c(C#N)cc1-c1ccccc1C1C=CC(n2c3ccccc3c3cc(C#N)ccc32)=CC1N. The average Bonchev–Trinajstić information content (AvgIpc) is 3.52. The van der Waals surface area contributed by atoms with Crippen LogP contribution in [0.15, 0.2) is 146 Å². The minimum atomic E-state index is -0.372. The summed E-state index contributed by atoms with van der Waals surface area (Å²) in [6.07, 6.45) is 6.37. The van der Waals surface area contributed by atoms with Crippen LogP contribution in [0.25, 0.3) is 49.8 Å². The molecule has 2 atom stereocenters. The summed E-state index contributed by atoms with van der Waals surface area (Å²) in [7, 11) is 0. The standard InChI is InChI=1S/C46H32N6/c1-29-10-2-3-11-34(29)38-14-6-8-16-43(38)51-44-24-32(28-49)31(27-48)23-40(44)36-13-5-4-12-35(36)37-20-19-33(25-42(37)50)52-45-17-9-7-15-39(45)41-22-30(26-47)18-21-46(41)52/h2-25,37,42,51H,50H2,1H3. The van der Waals surface area contributed by atoms with Gasteiger partial charge in [-0.05, 0) is 83.8 Å². The van der Waals surface area contributed by atoms with Crippen LogP contribution >= 0.6 is 0 Å². The van der Waals surface area contributed by atoms with E-state index in [1.807, 2.05) is 78.9 Å². The maximum atomic E-state index is 10.1. The van der Waals surface area contributed by atoms with Gasteiger partial charge >= 0.3 is 0 Å². The molecule has 0 fully saturated rings. The second-order valence-electron chi connectivity index (χ2n) is 13.0. The first kappa shape index (κ1) is 32.1. The largest absolute Gasteiger partial charge is 0.354 e. The van der Waals surface area contributed by atoms with Crippen molar-refractivity contribution in [2.24, 2.45) is 5.73 Å². The number of aryl methyl sites for hydroxylation is 1. The summed E-state index contributed by atoms with van der Waals surface area (Å²) in [6, 6.07) is 48.4. The predicted octanol–water partition coefficient (Wildman–Crippen LogP) is 10.3. The highest BCUT2D eigenvalue weighted by atomic mass is 15.0. The molecule has 0 aliphatic heterocycles. The minimum absolute atomic E-state index is 0.175. The average molecular weight is 669 g/mol. The molecule has 0 spiro atoms. The van der Waals surface area contributed by atoms with Gasteiger partial charge in [0.2, 0.25) is 0 Å². The van der Waals surface area contributed by atoms with Gasteiger partial charge in [0.25, 0.3) is 0 Å². The Kier molecular flexibility index (Phi) is 8.18. The lowest BCUT2D eigenvalue weighted by Gasteiger charge is -2.27. The van der Waals surface area contributed by atoms with Crippen molar-refractivity contribution >= 4 is 38.9 Å². The van der Waals surface area contributed by atoms with E-state index in [1.165, 1.54) is 0 Å². The van der Waals surface area contributed by atoms with Gasteiger partial charge in [0.1, 0.15) is 12.1 Å². The molecule has 0 radical (unpaired) electrons. The Morgan fingerprint density at radius 1 is 0.615 bits per heavy atom. The van der Waals surface area contributed by atoms with E-state index in [1.54, 1.807) is 6.07 Å². The number of allylic oxidation sites excluding steroid dienone is 2. The van der Waals surface area contributed by atoms with Gasteiger partial charge in [-0.25, -0.2) is 0 Å². The van der Waals surface area contributed by atoms with Crippen molar-refractivity contribution in [1.82, 2.24) is 4.57 Å². The molecule has 52 heavy (non-hydrogen) atoms. The highest BCUT2D eigenvalue weighted by molar-refractivity contribution is 6.11. The Morgan fingerprint density at radius 3 is 2.06 bits per heavy atom. The number of nitrogens with zero attached hydrogens (tertiary/aromatic N) is 4. The van der Waals surface area contributed by atoms with Crippen LogP contribution in [0.3, 0.4) is 0 Å². The summed E-state index contributed by atoms with van der Waals surface area (Å²) in [5.41, 5.74) is 18.9. The number of fused-ring (bicyclic) bond motifs is 3. The number of nitrogens with one attached hydrogen (secondary N) is 1. The monoisotopic (exact) mass is 668 g/mol.